The lowest BCUT2D eigenvalue weighted by Gasteiger charge is -2.07. The summed E-state index contributed by atoms with van der Waals surface area (Å²) in [7, 11) is 0. The maximum atomic E-state index is 4.42. The van der Waals surface area contributed by atoms with Gasteiger partial charge in [-0.1, -0.05) is 0 Å². The lowest BCUT2D eigenvalue weighted by molar-refractivity contribution is 1.09. The number of nitrogens with zero attached hydrogens (tertiary/aromatic N) is 3. The smallest absolute Gasteiger partial charge is 0.226 e. The van der Waals surface area contributed by atoms with Crippen LogP contribution in [0.3, 0.4) is 0 Å². The minimum Gasteiger partial charge on any atom is -0.367 e. The van der Waals surface area contributed by atoms with Gasteiger partial charge in [-0.05, 0) is 13.2 Å². The first-order valence-corrected chi connectivity index (χ1v) is 6.92. The van der Waals surface area contributed by atoms with Crippen LogP contribution in [-0.4, -0.2) is 45.0 Å². The van der Waals surface area contributed by atoms with E-state index in [1.165, 1.54) is 0 Å². The van der Waals surface area contributed by atoms with Gasteiger partial charge < -0.3 is 15.6 Å². The predicted octanol–water partition coefficient (Wildman–Crippen LogP) is 1.56. The van der Waals surface area contributed by atoms with Crippen molar-refractivity contribution in [3.05, 3.63) is 6.33 Å². The molecule has 2 aromatic heterocycles. The van der Waals surface area contributed by atoms with Crippen molar-refractivity contribution in [2.45, 2.75) is 6.92 Å². The molecule has 0 aliphatic heterocycles. The number of imidazole rings is 1. The zero-order chi connectivity index (χ0) is 12.1. The third-order valence-corrected chi connectivity index (χ3v) is 2.83. The molecule has 92 valence electrons. The fraction of sp³-hybridized carbons (Fsp3) is 0.500. The molecule has 0 fully saturated rings. The Hall–Kier alpha value is -1.50. The van der Waals surface area contributed by atoms with Gasteiger partial charge in [0.05, 0.1) is 6.33 Å². The van der Waals surface area contributed by atoms with Gasteiger partial charge in [0.1, 0.15) is 5.52 Å². The Morgan fingerprint density at radius 1 is 1.35 bits per heavy atom. The molecule has 0 aromatic carbocycles. The maximum Gasteiger partial charge on any atom is 0.226 e. The summed E-state index contributed by atoms with van der Waals surface area (Å²) in [6, 6.07) is 0. The van der Waals surface area contributed by atoms with E-state index in [4.69, 9.17) is 0 Å². The number of rotatable bonds is 6. The lowest BCUT2D eigenvalue weighted by atomic mass is 10.5. The highest BCUT2D eigenvalue weighted by atomic mass is 32.2. The zero-order valence-electron chi connectivity index (χ0n) is 9.95. The highest BCUT2D eigenvalue weighted by molar-refractivity contribution is 7.98. The second kappa shape index (κ2) is 5.72. The van der Waals surface area contributed by atoms with Crippen LogP contribution in [0.15, 0.2) is 6.33 Å². The molecular weight excluding hydrogens is 236 g/mol. The van der Waals surface area contributed by atoms with Gasteiger partial charge in [-0.15, -0.1) is 0 Å². The van der Waals surface area contributed by atoms with Gasteiger partial charge in [0.25, 0.3) is 0 Å². The molecule has 0 bridgehead atoms. The maximum absolute atomic E-state index is 4.42. The van der Waals surface area contributed by atoms with E-state index in [0.717, 1.165) is 30.2 Å². The van der Waals surface area contributed by atoms with Crippen LogP contribution in [0.5, 0.6) is 0 Å². The van der Waals surface area contributed by atoms with Crippen LogP contribution in [-0.2, 0) is 0 Å². The average molecular weight is 252 g/mol. The molecule has 17 heavy (non-hydrogen) atoms. The summed E-state index contributed by atoms with van der Waals surface area (Å²) in [4.78, 5) is 15.9. The quantitative estimate of drug-likeness (QED) is 0.677. The van der Waals surface area contributed by atoms with Gasteiger partial charge in [-0.3, -0.25) is 0 Å². The highest BCUT2D eigenvalue weighted by Crippen LogP contribution is 2.18. The molecule has 0 saturated heterocycles. The normalized spacial score (nSPS) is 10.7. The van der Waals surface area contributed by atoms with Crippen LogP contribution in [0.25, 0.3) is 11.2 Å². The van der Waals surface area contributed by atoms with Crippen LogP contribution >= 0.6 is 11.8 Å². The SMILES string of the molecule is CCNc1nc(NCCSC)c2[nH]cnc2n1. The number of aromatic nitrogens is 4. The Morgan fingerprint density at radius 2 is 2.24 bits per heavy atom. The molecule has 0 amide bonds. The van der Waals surface area contributed by atoms with E-state index >= 15 is 0 Å². The number of hydrogen-bond acceptors (Lipinski definition) is 6. The number of anilines is 2. The second-order valence-electron chi connectivity index (χ2n) is 3.45. The van der Waals surface area contributed by atoms with Crippen molar-refractivity contribution < 1.29 is 0 Å². The number of thioether (sulfide) groups is 1. The molecule has 0 spiro atoms. The number of hydrogen-bond donors (Lipinski definition) is 3. The standard InChI is InChI=1S/C10H16N6S/c1-3-11-10-15-8(12-4-5-17-2)7-9(16-10)14-6-13-7/h6H,3-5H2,1-2H3,(H3,11,12,13,14,15,16). The molecule has 0 radical (unpaired) electrons. The summed E-state index contributed by atoms with van der Waals surface area (Å²) in [6.07, 6.45) is 3.71. The minimum atomic E-state index is 0.610. The van der Waals surface area contributed by atoms with E-state index in [2.05, 4.69) is 36.8 Å². The number of fused-ring (bicyclic) bond motifs is 1. The summed E-state index contributed by atoms with van der Waals surface area (Å²) in [6.45, 7) is 3.68. The summed E-state index contributed by atoms with van der Waals surface area (Å²) in [5.74, 6) is 2.45. The molecule has 2 aromatic rings. The van der Waals surface area contributed by atoms with E-state index in [9.17, 15) is 0 Å². The van der Waals surface area contributed by atoms with Gasteiger partial charge in [0.15, 0.2) is 11.5 Å². The minimum absolute atomic E-state index is 0.610. The summed E-state index contributed by atoms with van der Waals surface area (Å²) >= 11 is 1.80. The largest absolute Gasteiger partial charge is 0.367 e. The van der Waals surface area contributed by atoms with Gasteiger partial charge >= 0.3 is 0 Å². The fourth-order valence-corrected chi connectivity index (χ4v) is 1.78. The Kier molecular flexibility index (Phi) is 4.03. The van der Waals surface area contributed by atoms with Gasteiger partial charge in [0, 0.05) is 18.8 Å². The lowest BCUT2D eigenvalue weighted by Crippen LogP contribution is -2.09. The van der Waals surface area contributed by atoms with E-state index < -0.39 is 0 Å². The Morgan fingerprint density at radius 3 is 3.00 bits per heavy atom. The van der Waals surface area contributed by atoms with E-state index in [1.54, 1.807) is 18.1 Å². The first-order valence-electron chi connectivity index (χ1n) is 5.53. The third kappa shape index (κ3) is 2.79. The van der Waals surface area contributed by atoms with Gasteiger partial charge in [-0.2, -0.15) is 21.7 Å². The van der Waals surface area contributed by atoms with E-state index in [0.29, 0.717) is 11.6 Å². The number of H-pyrrole nitrogens is 1. The van der Waals surface area contributed by atoms with Crippen LogP contribution in [0, 0.1) is 0 Å². The highest BCUT2D eigenvalue weighted by Gasteiger charge is 2.08. The van der Waals surface area contributed by atoms with Crippen molar-refractivity contribution in [1.29, 1.82) is 0 Å². The molecule has 0 atom stereocenters. The van der Waals surface area contributed by atoms with E-state index in [1.807, 2.05) is 6.92 Å². The van der Waals surface area contributed by atoms with Crippen molar-refractivity contribution in [1.82, 2.24) is 19.9 Å². The topological polar surface area (TPSA) is 78.5 Å². The van der Waals surface area contributed by atoms with Crippen LogP contribution < -0.4 is 10.6 Å². The first-order chi connectivity index (χ1) is 8.35. The molecule has 7 heteroatoms. The molecule has 2 heterocycles. The fourth-order valence-electron chi connectivity index (χ4n) is 1.47. The Balaban J connectivity index is 2.26. The third-order valence-electron chi connectivity index (χ3n) is 2.22. The monoisotopic (exact) mass is 252 g/mol. The van der Waals surface area contributed by atoms with Crippen molar-refractivity contribution in [2.24, 2.45) is 0 Å². The Bertz CT molecular complexity index is 483. The van der Waals surface area contributed by atoms with Crippen LogP contribution in [0.4, 0.5) is 11.8 Å². The van der Waals surface area contributed by atoms with E-state index in [-0.39, 0.29) is 0 Å². The summed E-state index contributed by atoms with van der Waals surface area (Å²) in [5, 5.41) is 6.39. The van der Waals surface area contributed by atoms with Crippen molar-refractivity contribution in [3.8, 4) is 0 Å². The van der Waals surface area contributed by atoms with Crippen molar-refractivity contribution in [2.75, 3.05) is 35.7 Å². The van der Waals surface area contributed by atoms with Crippen LogP contribution in [0.1, 0.15) is 6.92 Å². The zero-order valence-corrected chi connectivity index (χ0v) is 10.8. The molecule has 0 saturated carbocycles. The molecular formula is C10H16N6S. The molecule has 3 N–H and O–H groups in total. The first kappa shape index (κ1) is 12.0. The predicted molar refractivity (Wildman–Crippen MR) is 72.7 cm³/mol. The Labute approximate surface area is 104 Å². The molecule has 2 rings (SSSR count). The molecule has 0 unspecified atom stereocenters. The summed E-state index contributed by atoms with van der Waals surface area (Å²) < 4.78 is 0. The number of aromatic amines is 1. The second-order valence-corrected chi connectivity index (χ2v) is 4.43. The summed E-state index contributed by atoms with van der Waals surface area (Å²) in [5.41, 5.74) is 1.54. The van der Waals surface area contributed by atoms with Crippen molar-refractivity contribution >= 4 is 34.7 Å². The van der Waals surface area contributed by atoms with Crippen molar-refractivity contribution in [3.63, 3.8) is 0 Å². The average Bonchev–Trinajstić information content (AvgIpc) is 2.78. The van der Waals surface area contributed by atoms with Gasteiger partial charge in [-0.25, -0.2) is 4.98 Å². The molecule has 6 nitrogen and oxygen atoms in total. The van der Waals surface area contributed by atoms with Gasteiger partial charge in [0.2, 0.25) is 5.95 Å². The van der Waals surface area contributed by atoms with Crippen LogP contribution in [0.2, 0.25) is 0 Å². The molecule has 0 aliphatic rings. The number of nitrogens with one attached hydrogen (secondary N) is 3. The molecule has 0 aliphatic carbocycles.